The van der Waals surface area contributed by atoms with E-state index in [1.807, 2.05) is 0 Å². The number of hydrogen-bond donors (Lipinski definition) is 1. The summed E-state index contributed by atoms with van der Waals surface area (Å²) in [6.45, 7) is 3.95. The maximum atomic E-state index is 4.51. The van der Waals surface area contributed by atoms with E-state index in [1.165, 1.54) is 9.88 Å². The molecule has 2 rings (SSSR count). The summed E-state index contributed by atoms with van der Waals surface area (Å²) >= 11 is 3.54. The van der Waals surface area contributed by atoms with Crippen molar-refractivity contribution in [2.45, 2.75) is 26.4 Å². The Hall–Kier alpha value is -0.710. The van der Waals surface area contributed by atoms with Gasteiger partial charge in [0.25, 0.3) is 0 Å². The molecule has 0 bridgehead atoms. The predicted octanol–water partition coefficient (Wildman–Crippen LogP) is 3.06. The van der Waals surface area contributed by atoms with Crippen LogP contribution in [0.1, 0.15) is 22.5 Å². The molecular weight excluding hydrogens is 224 g/mol. The molecule has 0 unspecified atom stereocenters. The third-order valence-electron chi connectivity index (χ3n) is 2.09. The summed E-state index contributed by atoms with van der Waals surface area (Å²) in [5, 5.41) is 8.87. The molecule has 2 aromatic heterocycles. The van der Waals surface area contributed by atoms with Gasteiger partial charge in [0.15, 0.2) is 0 Å². The van der Waals surface area contributed by atoms with Gasteiger partial charge in [-0.3, -0.25) is 0 Å². The van der Waals surface area contributed by atoms with Gasteiger partial charge >= 0.3 is 0 Å². The fourth-order valence-corrected chi connectivity index (χ4v) is 2.74. The van der Waals surface area contributed by atoms with Crippen molar-refractivity contribution < 1.29 is 0 Å². The summed E-state index contributed by atoms with van der Waals surface area (Å²) < 4.78 is 0. The zero-order valence-corrected chi connectivity index (χ0v) is 10.3. The SMILES string of the molecule is CCc1nc(CNCc2cccs2)cs1. The zero-order chi connectivity index (χ0) is 10.5. The van der Waals surface area contributed by atoms with Crippen molar-refractivity contribution in [3.05, 3.63) is 38.5 Å². The van der Waals surface area contributed by atoms with E-state index in [1.54, 1.807) is 22.7 Å². The van der Waals surface area contributed by atoms with Crippen LogP contribution in [0.4, 0.5) is 0 Å². The molecule has 0 aromatic carbocycles. The average molecular weight is 238 g/mol. The van der Waals surface area contributed by atoms with Crippen LogP contribution in [0.25, 0.3) is 0 Å². The molecule has 1 N–H and O–H groups in total. The minimum atomic E-state index is 0.869. The number of thiazole rings is 1. The maximum Gasteiger partial charge on any atom is 0.0926 e. The molecule has 0 fully saturated rings. The Labute approximate surface area is 98.0 Å². The van der Waals surface area contributed by atoms with E-state index in [2.05, 4.69) is 40.1 Å². The first kappa shape index (κ1) is 10.8. The first-order chi connectivity index (χ1) is 7.38. The van der Waals surface area contributed by atoms with Gasteiger partial charge in [-0.15, -0.1) is 22.7 Å². The molecule has 2 nitrogen and oxygen atoms in total. The number of thiophene rings is 1. The van der Waals surface area contributed by atoms with Crippen molar-refractivity contribution in [1.82, 2.24) is 10.3 Å². The number of hydrogen-bond acceptors (Lipinski definition) is 4. The Morgan fingerprint density at radius 1 is 1.33 bits per heavy atom. The molecule has 0 radical (unpaired) electrons. The van der Waals surface area contributed by atoms with E-state index in [0.29, 0.717) is 0 Å². The van der Waals surface area contributed by atoms with Gasteiger partial charge in [-0.1, -0.05) is 13.0 Å². The van der Waals surface area contributed by atoms with Gasteiger partial charge in [0.1, 0.15) is 0 Å². The first-order valence-corrected chi connectivity index (χ1v) is 6.81. The summed E-state index contributed by atoms with van der Waals surface area (Å²) in [5.41, 5.74) is 1.16. The summed E-state index contributed by atoms with van der Waals surface area (Å²) in [6, 6.07) is 4.23. The van der Waals surface area contributed by atoms with E-state index in [9.17, 15) is 0 Å². The zero-order valence-electron chi connectivity index (χ0n) is 8.69. The first-order valence-electron chi connectivity index (χ1n) is 5.05. The van der Waals surface area contributed by atoms with Gasteiger partial charge in [-0.25, -0.2) is 4.98 Å². The fourth-order valence-electron chi connectivity index (χ4n) is 1.32. The van der Waals surface area contributed by atoms with Crippen LogP contribution in [-0.4, -0.2) is 4.98 Å². The van der Waals surface area contributed by atoms with Crippen LogP contribution in [-0.2, 0) is 19.5 Å². The maximum absolute atomic E-state index is 4.51. The monoisotopic (exact) mass is 238 g/mol. The van der Waals surface area contributed by atoms with Crippen LogP contribution < -0.4 is 5.32 Å². The third kappa shape index (κ3) is 3.12. The normalized spacial score (nSPS) is 10.7. The highest BCUT2D eigenvalue weighted by atomic mass is 32.1. The van der Waals surface area contributed by atoms with Gasteiger partial charge in [0.2, 0.25) is 0 Å². The number of aryl methyl sites for hydroxylation is 1. The molecule has 0 aliphatic heterocycles. The molecule has 0 saturated carbocycles. The molecule has 0 aliphatic carbocycles. The number of nitrogens with one attached hydrogen (secondary N) is 1. The van der Waals surface area contributed by atoms with Crippen molar-refractivity contribution >= 4 is 22.7 Å². The van der Waals surface area contributed by atoms with E-state index in [4.69, 9.17) is 0 Å². The van der Waals surface area contributed by atoms with Gasteiger partial charge in [-0.2, -0.15) is 0 Å². The van der Waals surface area contributed by atoms with Gasteiger partial charge in [0.05, 0.1) is 10.7 Å². The second kappa shape index (κ2) is 5.39. The van der Waals surface area contributed by atoms with Crippen molar-refractivity contribution in [2.75, 3.05) is 0 Å². The van der Waals surface area contributed by atoms with E-state index in [-0.39, 0.29) is 0 Å². The van der Waals surface area contributed by atoms with Crippen molar-refractivity contribution in [3.63, 3.8) is 0 Å². The molecule has 2 aromatic rings. The molecule has 0 atom stereocenters. The standard InChI is InChI=1S/C11H14N2S2/c1-2-11-13-9(8-15-11)6-12-7-10-4-3-5-14-10/h3-5,8,12H,2,6-7H2,1H3. The smallest absolute Gasteiger partial charge is 0.0926 e. The minimum Gasteiger partial charge on any atom is -0.306 e. The molecule has 4 heteroatoms. The Morgan fingerprint density at radius 3 is 2.93 bits per heavy atom. The van der Waals surface area contributed by atoms with Crippen molar-refractivity contribution in [1.29, 1.82) is 0 Å². The Balaban J connectivity index is 1.78. The Kier molecular flexibility index (Phi) is 3.88. The molecule has 80 valence electrons. The van der Waals surface area contributed by atoms with Crippen LogP contribution in [0.2, 0.25) is 0 Å². The lowest BCUT2D eigenvalue weighted by molar-refractivity contribution is 0.688. The Morgan fingerprint density at radius 2 is 2.27 bits per heavy atom. The lowest BCUT2D eigenvalue weighted by Gasteiger charge is -1.99. The average Bonchev–Trinajstić information content (AvgIpc) is 2.88. The minimum absolute atomic E-state index is 0.869. The highest BCUT2D eigenvalue weighted by molar-refractivity contribution is 7.10. The highest BCUT2D eigenvalue weighted by Crippen LogP contribution is 2.11. The van der Waals surface area contributed by atoms with Crippen LogP contribution in [0.15, 0.2) is 22.9 Å². The van der Waals surface area contributed by atoms with Crippen LogP contribution in [0.3, 0.4) is 0 Å². The Bertz CT molecular complexity index is 392. The largest absolute Gasteiger partial charge is 0.306 e. The third-order valence-corrected chi connectivity index (χ3v) is 4.01. The molecule has 15 heavy (non-hydrogen) atoms. The number of nitrogens with zero attached hydrogens (tertiary/aromatic N) is 1. The predicted molar refractivity (Wildman–Crippen MR) is 66.4 cm³/mol. The second-order valence-electron chi connectivity index (χ2n) is 3.27. The van der Waals surface area contributed by atoms with Crippen molar-refractivity contribution in [2.24, 2.45) is 0 Å². The highest BCUT2D eigenvalue weighted by Gasteiger charge is 1.99. The van der Waals surface area contributed by atoms with E-state index < -0.39 is 0 Å². The topological polar surface area (TPSA) is 24.9 Å². The summed E-state index contributed by atoms with van der Waals surface area (Å²) in [4.78, 5) is 5.88. The molecule has 0 saturated heterocycles. The molecule has 0 amide bonds. The van der Waals surface area contributed by atoms with Crippen LogP contribution in [0, 0.1) is 0 Å². The van der Waals surface area contributed by atoms with Gasteiger partial charge in [-0.05, 0) is 17.9 Å². The quantitative estimate of drug-likeness (QED) is 0.866. The van der Waals surface area contributed by atoms with Crippen LogP contribution in [0.5, 0.6) is 0 Å². The lowest BCUT2D eigenvalue weighted by Crippen LogP contribution is -2.11. The van der Waals surface area contributed by atoms with Gasteiger partial charge < -0.3 is 5.32 Å². The van der Waals surface area contributed by atoms with E-state index >= 15 is 0 Å². The van der Waals surface area contributed by atoms with Gasteiger partial charge in [0, 0.05) is 23.3 Å². The van der Waals surface area contributed by atoms with Crippen molar-refractivity contribution in [3.8, 4) is 0 Å². The second-order valence-corrected chi connectivity index (χ2v) is 5.24. The van der Waals surface area contributed by atoms with E-state index in [0.717, 1.165) is 25.2 Å². The summed E-state index contributed by atoms with van der Waals surface area (Å²) in [7, 11) is 0. The molecule has 2 heterocycles. The van der Waals surface area contributed by atoms with Crippen LogP contribution >= 0.6 is 22.7 Å². The fraction of sp³-hybridized carbons (Fsp3) is 0.364. The summed E-state index contributed by atoms with van der Waals surface area (Å²) in [6.07, 6.45) is 1.04. The molecular formula is C11H14N2S2. The summed E-state index contributed by atoms with van der Waals surface area (Å²) in [5.74, 6) is 0. The molecule has 0 aliphatic rings. The lowest BCUT2D eigenvalue weighted by atomic mass is 10.4. The number of rotatable bonds is 5. The molecule has 0 spiro atoms. The number of aromatic nitrogens is 1.